The summed E-state index contributed by atoms with van der Waals surface area (Å²) in [6.07, 6.45) is 0. The number of carbonyl (C=O) groups is 2. The summed E-state index contributed by atoms with van der Waals surface area (Å²) in [5.74, 6) is -0.241. The summed E-state index contributed by atoms with van der Waals surface area (Å²) in [6.45, 7) is 8.09. The smallest absolute Gasteiger partial charge is 0.256 e. The van der Waals surface area contributed by atoms with Crippen LogP contribution in [0.5, 0.6) is 0 Å². The molecule has 3 aromatic carbocycles. The molecule has 0 fully saturated rings. The van der Waals surface area contributed by atoms with Crippen LogP contribution >= 0.6 is 0 Å². The summed E-state index contributed by atoms with van der Waals surface area (Å²) < 4.78 is 0. The van der Waals surface area contributed by atoms with Crippen LogP contribution in [0.3, 0.4) is 0 Å². The normalized spacial score (nSPS) is 10.9. The summed E-state index contributed by atoms with van der Waals surface area (Å²) in [5.41, 5.74) is 3.06. The fourth-order valence-corrected chi connectivity index (χ4v) is 3.37. The minimum Gasteiger partial charge on any atom is -0.325 e. The topological polar surface area (TPSA) is 61.4 Å². The number of hydrogen-bond acceptors (Lipinski definition) is 3. The first-order chi connectivity index (χ1) is 14.0. The van der Waals surface area contributed by atoms with E-state index in [0.29, 0.717) is 23.5 Å². The third-order valence-corrected chi connectivity index (χ3v) is 5.05. The zero-order valence-electron chi connectivity index (χ0n) is 17.2. The van der Waals surface area contributed by atoms with Gasteiger partial charge in [-0.3, -0.25) is 14.5 Å². The van der Waals surface area contributed by atoms with Crippen LogP contribution in [0.15, 0.2) is 60.7 Å². The standard InChI is InChI=1S/C24H27N3O2/c1-4-27(5-2)16-23(28)25-18-9-8-10-19(15-18)26-24(29)22-14-13-17(3)20-11-6-7-12-21(20)22/h6-15H,4-5,16H2,1-3H3,(H,25,28)(H,26,29). The number of amides is 2. The van der Waals surface area contributed by atoms with Gasteiger partial charge >= 0.3 is 0 Å². The van der Waals surface area contributed by atoms with E-state index in [1.807, 2.05) is 80.3 Å². The van der Waals surface area contributed by atoms with Gasteiger partial charge in [0.15, 0.2) is 0 Å². The zero-order chi connectivity index (χ0) is 20.8. The summed E-state index contributed by atoms with van der Waals surface area (Å²) in [4.78, 5) is 27.2. The van der Waals surface area contributed by atoms with Crippen molar-refractivity contribution in [1.29, 1.82) is 0 Å². The van der Waals surface area contributed by atoms with Crippen LogP contribution in [0.2, 0.25) is 0 Å². The minimum atomic E-state index is -0.173. The van der Waals surface area contributed by atoms with Gasteiger partial charge in [0, 0.05) is 16.9 Å². The molecule has 0 aliphatic heterocycles. The lowest BCUT2D eigenvalue weighted by molar-refractivity contribution is -0.117. The molecule has 2 amide bonds. The van der Waals surface area contributed by atoms with Gasteiger partial charge in [-0.15, -0.1) is 0 Å². The largest absolute Gasteiger partial charge is 0.325 e. The monoisotopic (exact) mass is 389 g/mol. The summed E-state index contributed by atoms with van der Waals surface area (Å²) >= 11 is 0. The molecular weight excluding hydrogens is 362 g/mol. The van der Waals surface area contributed by atoms with Gasteiger partial charge in [-0.1, -0.05) is 50.2 Å². The van der Waals surface area contributed by atoms with Gasteiger partial charge in [-0.2, -0.15) is 0 Å². The molecule has 0 unspecified atom stereocenters. The Bertz CT molecular complexity index is 1030. The Hall–Kier alpha value is -3.18. The highest BCUT2D eigenvalue weighted by atomic mass is 16.2. The molecule has 0 spiro atoms. The molecule has 0 aromatic heterocycles. The van der Waals surface area contributed by atoms with Gasteiger partial charge in [0.2, 0.25) is 5.91 Å². The van der Waals surface area contributed by atoms with E-state index in [1.165, 1.54) is 0 Å². The van der Waals surface area contributed by atoms with Gasteiger partial charge < -0.3 is 10.6 Å². The maximum Gasteiger partial charge on any atom is 0.256 e. The number of likely N-dealkylation sites (N-methyl/N-ethyl adjacent to an activating group) is 1. The fourth-order valence-electron chi connectivity index (χ4n) is 3.37. The highest BCUT2D eigenvalue weighted by Crippen LogP contribution is 2.24. The first-order valence-corrected chi connectivity index (χ1v) is 9.93. The van der Waals surface area contributed by atoms with Crippen LogP contribution in [0.4, 0.5) is 11.4 Å². The number of nitrogens with one attached hydrogen (secondary N) is 2. The van der Waals surface area contributed by atoms with Crippen molar-refractivity contribution < 1.29 is 9.59 Å². The van der Waals surface area contributed by atoms with E-state index >= 15 is 0 Å². The number of rotatable bonds is 7. The van der Waals surface area contributed by atoms with Crippen molar-refractivity contribution in [3.8, 4) is 0 Å². The van der Waals surface area contributed by atoms with Crippen LogP contribution in [0, 0.1) is 6.92 Å². The molecule has 0 atom stereocenters. The molecule has 29 heavy (non-hydrogen) atoms. The fraction of sp³-hybridized carbons (Fsp3) is 0.250. The van der Waals surface area contributed by atoms with Gasteiger partial charge in [-0.05, 0) is 60.6 Å². The Kier molecular flexibility index (Phi) is 6.62. The van der Waals surface area contributed by atoms with Crippen molar-refractivity contribution >= 4 is 34.0 Å². The molecule has 0 aliphatic carbocycles. The molecule has 0 heterocycles. The van der Waals surface area contributed by atoms with Crippen LogP contribution in [0.1, 0.15) is 29.8 Å². The summed E-state index contributed by atoms with van der Waals surface area (Å²) in [7, 11) is 0. The third kappa shape index (κ3) is 5.00. The average molecular weight is 389 g/mol. The van der Waals surface area contributed by atoms with Crippen molar-refractivity contribution in [1.82, 2.24) is 4.90 Å². The highest BCUT2D eigenvalue weighted by molar-refractivity contribution is 6.13. The molecule has 5 nitrogen and oxygen atoms in total. The van der Waals surface area contributed by atoms with Crippen LogP contribution in [-0.2, 0) is 4.79 Å². The van der Waals surface area contributed by atoms with Crippen molar-refractivity contribution in [2.24, 2.45) is 0 Å². The second kappa shape index (κ2) is 9.34. The predicted octanol–water partition coefficient (Wildman–Crippen LogP) is 4.68. The molecule has 5 heteroatoms. The molecule has 0 bridgehead atoms. The second-order valence-corrected chi connectivity index (χ2v) is 7.02. The lowest BCUT2D eigenvalue weighted by Gasteiger charge is -2.17. The SMILES string of the molecule is CCN(CC)CC(=O)Nc1cccc(NC(=O)c2ccc(C)c3ccccc23)c1. The first-order valence-electron chi connectivity index (χ1n) is 9.93. The molecule has 0 radical (unpaired) electrons. The Balaban J connectivity index is 1.75. The Morgan fingerprint density at radius 1 is 0.828 bits per heavy atom. The number of hydrogen-bond donors (Lipinski definition) is 2. The molecule has 3 rings (SSSR count). The number of fused-ring (bicyclic) bond motifs is 1. The maximum atomic E-state index is 12.9. The average Bonchev–Trinajstić information content (AvgIpc) is 2.72. The minimum absolute atomic E-state index is 0.0679. The second-order valence-electron chi connectivity index (χ2n) is 7.02. The van der Waals surface area contributed by atoms with Crippen LogP contribution in [-0.4, -0.2) is 36.3 Å². The molecular formula is C24H27N3O2. The number of nitrogens with zero attached hydrogens (tertiary/aromatic N) is 1. The van der Waals surface area contributed by atoms with Crippen molar-refractivity contribution in [2.75, 3.05) is 30.3 Å². The van der Waals surface area contributed by atoms with E-state index in [4.69, 9.17) is 0 Å². The van der Waals surface area contributed by atoms with E-state index in [0.717, 1.165) is 29.4 Å². The van der Waals surface area contributed by atoms with Gasteiger partial charge in [0.25, 0.3) is 5.91 Å². The molecule has 2 N–H and O–H groups in total. The predicted molar refractivity (Wildman–Crippen MR) is 119 cm³/mol. The van der Waals surface area contributed by atoms with Gasteiger partial charge in [0.05, 0.1) is 6.54 Å². The quantitative estimate of drug-likeness (QED) is 0.617. The summed E-state index contributed by atoms with van der Waals surface area (Å²) in [5, 5.41) is 7.84. The van der Waals surface area contributed by atoms with E-state index in [-0.39, 0.29) is 11.8 Å². The molecule has 0 saturated heterocycles. The molecule has 3 aromatic rings. The number of carbonyl (C=O) groups excluding carboxylic acids is 2. The summed E-state index contributed by atoms with van der Waals surface area (Å²) in [6, 6.07) is 18.9. The van der Waals surface area contributed by atoms with Gasteiger partial charge in [0.1, 0.15) is 0 Å². The molecule has 0 aliphatic rings. The van der Waals surface area contributed by atoms with Gasteiger partial charge in [-0.25, -0.2) is 0 Å². The first kappa shape index (κ1) is 20.6. The van der Waals surface area contributed by atoms with Crippen molar-refractivity contribution in [2.45, 2.75) is 20.8 Å². The third-order valence-electron chi connectivity index (χ3n) is 5.05. The maximum absolute atomic E-state index is 12.9. The highest BCUT2D eigenvalue weighted by Gasteiger charge is 2.12. The van der Waals surface area contributed by atoms with Crippen molar-refractivity contribution in [3.63, 3.8) is 0 Å². The Morgan fingerprint density at radius 2 is 1.48 bits per heavy atom. The zero-order valence-corrected chi connectivity index (χ0v) is 17.2. The number of aryl methyl sites for hydroxylation is 1. The lowest BCUT2D eigenvalue weighted by atomic mass is 10.00. The number of benzene rings is 3. The van der Waals surface area contributed by atoms with Crippen LogP contribution < -0.4 is 10.6 Å². The van der Waals surface area contributed by atoms with E-state index < -0.39 is 0 Å². The molecule has 0 saturated carbocycles. The Morgan fingerprint density at radius 3 is 2.17 bits per heavy atom. The van der Waals surface area contributed by atoms with E-state index in [1.54, 1.807) is 6.07 Å². The Labute approximate surface area is 171 Å². The lowest BCUT2D eigenvalue weighted by Crippen LogP contribution is -2.32. The van der Waals surface area contributed by atoms with E-state index in [9.17, 15) is 9.59 Å². The van der Waals surface area contributed by atoms with Crippen molar-refractivity contribution in [3.05, 3.63) is 71.8 Å². The number of anilines is 2. The van der Waals surface area contributed by atoms with E-state index in [2.05, 4.69) is 10.6 Å². The van der Waals surface area contributed by atoms with Crippen LogP contribution in [0.25, 0.3) is 10.8 Å². The molecule has 150 valence electrons.